The van der Waals surface area contributed by atoms with Gasteiger partial charge in [0.15, 0.2) is 0 Å². The van der Waals surface area contributed by atoms with Gasteiger partial charge in [-0.25, -0.2) is 0 Å². The number of esters is 1. The van der Waals surface area contributed by atoms with Gasteiger partial charge < -0.3 is 14.2 Å². The Hall–Kier alpha value is -1.75. The number of benzene rings is 1. The first-order valence-electron chi connectivity index (χ1n) is 6.69. The molecule has 2 rings (SSSR count). The Bertz CT molecular complexity index is 475. The maximum absolute atomic E-state index is 11.5. The van der Waals surface area contributed by atoms with Crippen LogP contribution in [-0.2, 0) is 16.1 Å². The molecule has 1 atom stereocenters. The molecule has 1 saturated heterocycles. The van der Waals surface area contributed by atoms with Gasteiger partial charge in [0.05, 0.1) is 27.2 Å². The van der Waals surface area contributed by atoms with Gasteiger partial charge in [0.1, 0.15) is 11.5 Å². The van der Waals surface area contributed by atoms with Gasteiger partial charge in [0, 0.05) is 24.7 Å². The van der Waals surface area contributed by atoms with Gasteiger partial charge in [-0.1, -0.05) is 6.07 Å². The molecule has 5 nitrogen and oxygen atoms in total. The third kappa shape index (κ3) is 3.22. The van der Waals surface area contributed by atoms with Gasteiger partial charge in [-0.2, -0.15) is 0 Å². The van der Waals surface area contributed by atoms with Crippen LogP contribution in [0.5, 0.6) is 11.5 Å². The largest absolute Gasteiger partial charge is 0.497 e. The molecule has 0 aromatic heterocycles. The molecular formula is C15H21NO4. The monoisotopic (exact) mass is 279 g/mol. The second-order valence-electron chi connectivity index (χ2n) is 4.92. The number of nitrogens with zero attached hydrogens (tertiary/aromatic N) is 1. The van der Waals surface area contributed by atoms with Gasteiger partial charge in [-0.05, 0) is 19.0 Å². The van der Waals surface area contributed by atoms with Gasteiger partial charge >= 0.3 is 5.97 Å². The maximum atomic E-state index is 11.5. The van der Waals surface area contributed by atoms with Crippen LogP contribution in [0.1, 0.15) is 12.0 Å². The molecule has 1 fully saturated rings. The quantitative estimate of drug-likeness (QED) is 0.768. The van der Waals surface area contributed by atoms with Crippen molar-refractivity contribution >= 4 is 5.97 Å². The number of ether oxygens (including phenoxy) is 3. The molecule has 0 radical (unpaired) electrons. The van der Waals surface area contributed by atoms with Crippen LogP contribution in [0.2, 0.25) is 0 Å². The molecule has 0 N–H and O–H groups in total. The number of hydrogen-bond acceptors (Lipinski definition) is 5. The molecule has 0 saturated carbocycles. The fourth-order valence-corrected chi connectivity index (χ4v) is 2.56. The molecule has 1 aliphatic heterocycles. The normalized spacial score (nSPS) is 18.9. The average molecular weight is 279 g/mol. The van der Waals surface area contributed by atoms with Gasteiger partial charge in [0.25, 0.3) is 0 Å². The van der Waals surface area contributed by atoms with Crippen molar-refractivity contribution in [2.75, 3.05) is 34.4 Å². The minimum absolute atomic E-state index is 0.00996. The minimum atomic E-state index is -0.116. The Morgan fingerprint density at radius 2 is 2.10 bits per heavy atom. The summed E-state index contributed by atoms with van der Waals surface area (Å²) in [6.07, 6.45) is 0.852. The molecular weight excluding hydrogens is 258 g/mol. The number of likely N-dealkylation sites (tertiary alicyclic amines) is 1. The van der Waals surface area contributed by atoms with Gasteiger partial charge in [-0.15, -0.1) is 0 Å². The van der Waals surface area contributed by atoms with Crippen molar-refractivity contribution < 1.29 is 19.0 Å². The molecule has 0 bridgehead atoms. The lowest BCUT2D eigenvalue weighted by Gasteiger charge is -2.18. The van der Waals surface area contributed by atoms with E-state index in [9.17, 15) is 4.79 Å². The summed E-state index contributed by atoms with van der Waals surface area (Å²) >= 11 is 0. The van der Waals surface area contributed by atoms with Crippen molar-refractivity contribution in [2.24, 2.45) is 5.92 Å². The first-order chi connectivity index (χ1) is 9.67. The molecule has 0 aliphatic carbocycles. The first kappa shape index (κ1) is 14.7. The van der Waals surface area contributed by atoms with E-state index in [4.69, 9.17) is 14.2 Å². The zero-order valence-electron chi connectivity index (χ0n) is 12.2. The van der Waals surface area contributed by atoms with Gasteiger partial charge in [-0.3, -0.25) is 9.69 Å². The third-order valence-corrected chi connectivity index (χ3v) is 3.70. The van der Waals surface area contributed by atoms with E-state index < -0.39 is 0 Å². The van der Waals surface area contributed by atoms with Crippen LogP contribution in [-0.4, -0.2) is 45.3 Å². The summed E-state index contributed by atoms with van der Waals surface area (Å²) in [5, 5.41) is 0. The highest BCUT2D eigenvalue weighted by Gasteiger charge is 2.29. The molecule has 0 spiro atoms. The second-order valence-corrected chi connectivity index (χ2v) is 4.92. The summed E-state index contributed by atoms with van der Waals surface area (Å²) in [6.45, 7) is 2.40. The zero-order chi connectivity index (χ0) is 14.5. The number of carbonyl (C=O) groups is 1. The lowest BCUT2D eigenvalue weighted by Crippen LogP contribution is -2.23. The lowest BCUT2D eigenvalue weighted by molar-refractivity contribution is -0.144. The van der Waals surface area contributed by atoms with Crippen LogP contribution in [0.15, 0.2) is 18.2 Å². The molecule has 1 heterocycles. The predicted molar refractivity (Wildman–Crippen MR) is 74.9 cm³/mol. The highest BCUT2D eigenvalue weighted by molar-refractivity contribution is 5.72. The maximum Gasteiger partial charge on any atom is 0.310 e. The van der Waals surface area contributed by atoms with E-state index in [1.165, 1.54) is 7.11 Å². The molecule has 1 aliphatic rings. The van der Waals surface area contributed by atoms with Crippen LogP contribution in [0.3, 0.4) is 0 Å². The third-order valence-electron chi connectivity index (χ3n) is 3.70. The molecule has 0 amide bonds. The molecule has 1 aromatic rings. The lowest BCUT2D eigenvalue weighted by atomic mass is 10.1. The molecule has 1 aromatic carbocycles. The highest BCUT2D eigenvalue weighted by atomic mass is 16.5. The van der Waals surface area contributed by atoms with E-state index in [-0.39, 0.29) is 11.9 Å². The van der Waals surface area contributed by atoms with E-state index in [1.807, 2.05) is 18.2 Å². The van der Waals surface area contributed by atoms with Crippen molar-refractivity contribution in [2.45, 2.75) is 13.0 Å². The van der Waals surface area contributed by atoms with E-state index in [0.717, 1.165) is 43.1 Å². The average Bonchev–Trinajstić information content (AvgIpc) is 2.95. The van der Waals surface area contributed by atoms with Crippen LogP contribution in [0.25, 0.3) is 0 Å². The first-order valence-corrected chi connectivity index (χ1v) is 6.69. The van der Waals surface area contributed by atoms with Gasteiger partial charge in [0.2, 0.25) is 0 Å². The predicted octanol–water partition coefficient (Wildman–Crippen LogP) is 1.70. The van der Waals surface area contributed by atoms with Crippen LogP contribution < -0.4 is 9.47 Å². The fourth-order valence-electron chi connectivity index (χ4n) is 2.56. The number of carbonyl (C=O) groups excluding carboxylic acids is 1. The molecule has 5 heteroatoms. The summed E-state index contributed by atoms with van der Waals surface area (Å²) in [4.78, 5) is 13.8. The van der Waals surface area contributed by atoms with Crippen molar-refractivity contribution in [3.63, 3.8) is 0 Å². The summed E-state index contributed by atoms with van der Waals surface area (Å²) in [7, 11) is 4.73. The van der Waals surface area contributed by atoms with Crippen LogP contribution >= 0.6 is 0 Å². The minimum Gasteiger partial charge on any atom is -0.497 e. The standard InChI is InChI=1S/C15H21NO4/c1-18-13-5-4-11(14(8-13)19-2)9-16-7-6-12(10-16)15(17)20-3/h4-5,8,12H,6-7,9-10H2,1-3H3. The highest BCUT2D eigenvalue weighted by Crippen LogP contribution is 2.27. The Balaban J connectivity index is 2.02. The summed E-state index contributed by atoms with van der Waals surface area (Å²) in [5.74, 6) is 1.46. The fraction of sp³-hybridized carbons (Fsp3) is 0.533. The SMILES string of the molecule is COC(=O)C1CCN(Cc2ccc(OC)cc2OC)C1. The molecule has 110 valence electrons. The molecule has 1 unspecified atom stereocenters. The zero-order valence-corrected chi connectivity index (χ0v) is 12.2. The van der Waals surface area contributed by atoms with Crippen molar-refractivity contribution in [3.8, 4) is 11.5 Å². The Morgan fingerprint density at radius 3 is 2.75 bits per heavy atom. The van der Waals surface area contributed by atoms with E-state index in [0.29, 0.717) is 0 Å². The van der Waals surface area contributed by atoms with E-state index >= 15 is 0 Å². The van der Waals surface area contributed by atoms with Crippen molar-refractivity contribution in [1.82, 2.24) is 4.90 Å². The number of rotatable bonds is 5. The Morgan fingerprint density at radius 1 is 1.30 bits per heavy atom. The number of hydrogen-bond donors (Lipinski definition) is 0. The number of methoxy groups -OCH3 is 3. The van der Waals surface area contributed by atoms with E-state index in [1.54, 1.807) is 14.2 Å². The van der Waals surface area contributed by atoms with Crippen LogP contribution in [0.4, 0.5) is 0 Å². The summed E-state index contributed by atoms with van der Waals surface area (Å²) in [6, 6.07) is 5.80. The van der Waals surface area contributed by atoms with E-state index in [2.05, 4.69) is 4.90 Å². The smallest absolute Gasteiger partial charge is 0.310 e. The van der Waals surface area contributed by atoms with Crippen molar-refractivity contribution in [1.29, 1.82) is 0 Å². The topological polar surface area (TPSA) is 48.0 Å². The van der Waals surface area contributed by atoms with Crippen LogP contribution in [0, 0.1) is 5.92 Å². The Kier molecular flexibility index (Phi) is 4.84. The second kappa shape index (κ2) is 6.61. The Labute approximate surface area is 119 Å². The summed E-state index contributed by atoms with van der Waals surface area (Å²) < 4.78 is 15.4. The molecule has 20 heavy (non-hydrogen) atoms. The summed E-state index contributed by atoms with van der Waals surface area (Å²) in [5.41, 5.74) is 1.10. The van der Waals surface area contributed by atoms with Crippen molar-refractivity contribution in [3.05, 3.63) is 23.8 Å².